The Balaban J connectivity index is 2.37. The van der Waals surface area contributed by atoms with Crippen molar-refractivity contribution < 1.29 is 19.1 Å². The molecule has 0 atom stereocenters. The van der Waals surface area contributed by atoms with Gasteiger partial charge in [-0.05, 0) is 36.6 Å². The average molecular weight is 236 g/mol. The third-order valence-corrected chi connectivity index (χ3v) is 2.13. The van der Waals surface area contributed by atoms with Gasteiger partial charge in [-0.2, -0.15) is 0 Å². The van der Waals surface area contributed by atoms with Crippen LogP contribution in [0.3, 0.4) is 0 Å². The van der Waals surface area contributed by atoms with E-state index in [2.05, 4.69) is 0 Å². The molecule has 0 aromatic heterocycles. The number of hydrogen-bond donors (Lipinski definition) is 0. The van der Waals surface area contributed by atoms with Crippen LogP contribution in [-0.2, 0) is 4.74 Å². The summed E-state index contributed by atoms with van der Waals surface area (Å²) in [5.74, 6) is 0.847. The molecule has 0 aliphatic carbocycles. The molecule has 0 aliphatic heterocycles. The summed E-state index contributed by atoms with van der Waals surface area (Å²) in [6.07, 6.45) is 0.814. The normalized spacial score (nSPS) is 10.1. The highest BCUT2D eigenvalue weighted by atomic mass is 16.7. The molecule has 1 aromatic rings. The molecule has 92 valence electrons. The Morgan fingerprint density at radius 1 is 1.29 bits per heavy atom. The van der Waals surface area contributed by atoms with Crippen molar-refractivity contribution in [1.82, 2.24) is 0 Å². The highest BCUT2D eigenvalue weighted by molar-refractivity contribution is 5.75. The molecule has 0 N–H and O–H groups in total. The number of aldehydes is 1. The lowest BCUT2D eigenvalue weighted by atomic mass is 10.1. The first kappa shape index (κ1) is 13.2. The number of hydrogen-bond acceptors (Lipinski definition) is 4. The summed E-state index contributed by atoms with van der Waals surface area (Å²) in [5.41, 5.74) is 0.533. The van der Waals surface area contributed by atoms with Gasteiger partial charge in [0.05, 0.1) is 6.61 Å². The van der Waals surface area contributed by atoms with Crippen LogP contribution in [0.2, 0.25) is 0 Å². The van der Waals surface area contributed by atoms with E-state index in [0.717, 1.165) is 12.7 Å². The van der Waals surface area contributed by atoms with Crippen LogP contribution in [-0.4, -0.2) is 19.0 Å². The molecule has 0 aliphatic rings. The zero-order valence-electron chi connectivity index (χ0n) is 10.0. The van der Waals surface area contributed by atoms with Gasteiger partial charge in [-0.3, -0.25) is 4.79 Å². The second kappa shape index (κ2) is 6.68. The zero-order valence-corrected chi connectivity index (χ0v) is 10.0. The Hall–Kier alpha value is -1.84. The molecular weight excluding hydrogens is 220 g/mol. The Labute approximate surface area is 101 Å². The van der Waals surface area contributed by atoms with Crippen molar-refractivity contribution in [2.45, 2.75) is 20.3 Å². The van der Waals surface area contributed by atoms with Crippen molar-refractivity contribution >= 4 is 12.4 Å². The summed E-state index contributed by atoms with van der Waals surface area (Å²) in [7, 11) is 0. The van der Waals surface area contributed by atoms with E-state index in [0.29, 0.717) is 23.8 Å². The molecule has 1 rings (SSSR count). The number of ether oxygens (including phenoxy) is 2. The maximum atomic E-state index is 11.2. The third-order valence-electron chi connectivity index (χ3n) is 2.13. The van der Waals surface area contributed by atoms with E-state index < -0.39 is 6.16 Å². The molecule has 1 aromatic carbocycles. The molecule has 0 unspecified atom stereocenters. The molecule has 4 heteroatoms. The second-order valence-electron chi connectivity index (χ2n) is 4.07. The van der Waals surface area contributed by atoms with Crippen molar-refractivity contribution in [1.29, 1.82) is 0 Å². The molecule has 0 saturated carbocycles. The first-order valence-electron chi connectivity index (χ1n) is 5.51. The van der Waals surface area contributed by atoms with Gasteiger partial charge in [-0.25, -0.2) is 4.79 Å². The van der Waals surface area contributed by atoms with Gasteiger partial charge < -0.3 is 9.47 Å². The van der Waals surface area contributed by atoms with Crippen LogP contribution < -0.4 is 4.74 Å². The van der Waals surface area contributed by atoms with Gasteiger partial charge in [0.25, 0.3) is 0 Å². The van der Waals surface area contributed by atoms with Gasteiger partial charge in [0.15, 0.2) is 0 Å². The quantitative estimate of drug-likeness (QED) is 0.448. The van der Waals surface area contributed by atoms with Gasteiger partial charge in [-0.15, -0.1) is 0 Å². The van der Waals surface area contributed by atoms with E-state index >= 15 is 0 Å². The first-order chi connectivity index (χ1) is 8.11. The van der Waals surface area contributed by atoms with Gasteiger partial charge in [0.2, 0.25) is 0 Å². The molecule has 0 saturated heterocycles. The first-order valence-corrected chi connectivity index (χ1v) is 5.51. The minimum absolute atomic E-state index is 0.350. The summed E-state index contributed by atoms with van der Waals surface area (Å²) in [4.78, 5) is 21.6. The molecule has 0 radical (unpaired) electrons. The molecule has 0 bridgehead atoms. The monoisotopic (exact) mass is 236 g/mol. The lowest BCUT2D eigenvalue weighted by molar-refractivity contribution is 0.0949. The fourth-order valence-electron chi connectivity index (χ4n) is 1.12. The summed E-state index contributed by atoms with van der Waals surface area (Å²) in [6.45, 7) is 4.45. The molecular formula is C13H16O4. The Morgan fingerprint density at radius 2 is 1.94 bits per heavy atom. The third kappa shape index (κ3) is 5.15. The molecule has 0 fully saturated rings. The van der Waals surface area contributed by atoms with Gasteiger partial charge >= 0.3 is 6.16 Å². The average Bonchev–Trinajstić information content (AvgIpc) is 2.29. The fraction of sp³-hybridized carbons (Fsp3) is 0.385. The topological polar surface area (TPSA) is 52.6 Å². The van der Waals surface area contributed by atoms with Crippen LogP contribution in [0.1, 0.15) is 30.6 Å². The Morgan fingerprint density at radius 3 is 2.47 bits per heavy atom. The van der Waals surface area contributed by atoms with Crippen LogP contribution in [0.15, 0.2) is 24.3 Å². The van der Waals surface area contributed by atoms with Gasteiger partial charge in [0.1, 0.15) is 12.0 Å². The zero-order chi connectivity index (χ0) is 12.7. The van der Waals surface area contributed by atoms with Crippen molar-refractivity contribution in [3.63, 3.8) is 0 Å². The van der Waals surface area contributed by atoms with Crippen molar-refractivity contribution in [2.75, 3.05) is 6.61 Å². The van der Waals surface area contributed by atoms with E-state index in [4.69, 9.17) is 9.47 Å². The van der Waals surface area contributed by atoms with E-state index in [-0.39, 0.29) is 0 Å². The maximum absolute atomic E-state index is 11.2. The number of carbonyl (C=O) groups is 2. The smallest absolute Gasteiger partial charge is 0.434 e. The standard InChI is InChI=1S/C13H16O4/c1-10(2)7-8-16-13(15)17-12-5-3-11(9-14)4-6-12/h3-6,9-10H,7-8H2,1-2H3. The van der Waals surface area contributed by atoms with E-state index in [1.807, 2.05) is 13.8 Å². The predicted molar refractivity (Wildman–Crippen MR) is 63.3 cm³/mol. The largest absolute Gasteiger partial charge is 0.513 e. The van der Waals surface area contributed by atoms with E-state index in [1.54, 1.807) is 24.3 Å². The van der Waals surface area contributed by atoms with Gasteiger partial charge in [-0.1, -0.05) is 13.8 Å². The molecule has 0 spiro atoms. The maximum Gasteiger partial charge on any atom is 0.513 e. The van der Waals surface area contributed by atoms with Crippen molar-refractivity contribution in [3.8, 4) is 5.75 Å². The van der Waals surface area contributed by atoms with E-state index in [9.17, 15) is 9.59 Å². The highest BCUT2D eigenvalue weighted by Crippen LogP contribution is 2.12. The Kier molecular flexibility index (Phi) is 5.20. The minimum atomic E-state index is -0.718. The van der Waals surface area contributed by atoms with Crippen molar-refractivity contribution in [3.05, 3.63) is 29.8 Å². The highest BCUT2D eigenvalue weighted by Gasteiger charge is 2.06. The number of benzene rings is 1. The molecule has 4 nitrogen and oxygen atoms in total. The van der Waals surface area contributed by atoms with Crippen LogP contribution in [0.5, 0.6) is 5.75 Å². The lowest BCUT2D eigenvalue weighted by Crippen LogP contribution is -2.12. The van der Waals surface area contributed by atoms with Crippen LogP contribution in [0, 0.1) is 5.92 Å². The number of rotatable bonds is 5. The Bertz CT molecular complexity index is 368. The second-order valence-corrected chi connectivity index (χ2v) is 4.07. The molecule has 0 amide bonds. The van der Waals surface area contributed by atoms with Crippen LogP contribution in [0.4, 0.5) is 4.79 Å². The van der Waals surface area contributed by atoms with Crippen LogP contribution >= 0.6 is 0 Å². The summed E-state index contributed by atoms with van der Waals surface area (Å²) in [6, 6.07) is 6.24. The lowest BCUT2D eigenvalue weighted by Gasteiger charge is -2.07. The minimum Gasteiger partial charge on any atom is -0.434 e. The fourth-order valence-corrected chi connectivity index (χ4v) is 1.12. The van der Waals surface area contributed by atoms with Crippen LogP contribution in [0.25, 0.3) is 0 Å². The summed E-state index contributed by atoms with van der Waals surface area (Å²) < 4.78 is 9.80. The SMILES string of the molecule is CC(C)CCOC(=O)Oc1ccc(C=O)cc1. The number of carbonyl (C=O) groups excluding carboxylic acids is 2. The van der Waals surface area contributed by atoms with E-state index in [1.165, 1.54) is 0 Å². The van der Waals surface area contributed by atoms with Gasteiger partial charge in [0, 0.05) is 5.56 Å². The predicted octanol–water partition coefficient (Wildman–Crippen LogP) is 3.06. The summed E-state index contributed by atoms with van der Waals surface area (Å²) in [5, 5.41) is 0. The van der Waals surface area contributed by atoms with Crippen molar-refractivity contribution in [2.24, 2.45) is 5.92 Å². The molecule has 0 heterocycles. The molecule has 17 heavy (non-hydrogen) atoms. The summed E-state index contributed by atoms with van der Waals surface area (Å²) >= 11 is 0.